The summed E-state index contributed by atoms with van der Waals surface area (Å²) in [4.78, 5) is 0. The molecule has 14 heavy (non-hydrogen) atoms. The quantitative estimate of drug-likeness (QED) is 0.668. The number of nitrogens with two attached hydrogens (primary N) is 1. The second-order valence-electron chi connectivity index (χ2n) is 3.21. The summed E-state index contributed by atoms with van der Waals surface area (Å²) in [6.45, 7) is 2.94. The summed E-state index contributed by atoms with van der Waals surface area (Å²) in [5, 5.41) is 4.38. The van der Waals surface area contributed by atoms with Gasteiger partial charge in [-0.3, -0.25) is 0 Å². The standard InChI is InChI=1S/C9H16IN3S/c1-7-8(10)9(11)13(12-7)5-3-4-6-14-2/h3-6,11H2,1-2H3. The van der Waals surface area contributed by atoms with E-state index in [1.807, 2.05) is 23.4 Å². The van der Waals surface area contributed by atoms with Gasteiger partial charge >= 0.3 is 0 Å². The maximum Gasteiger partial charge on any atom is 0.135 e. The minimum atomic E-state index is 0.812. The average molecular weight is 325 g/mol. The van der Waals surface area contributed by atoms with E-state index in [0.717, 1.165) is 28.0 Å². The van der Waals surface area contributed by atoms with E-state index < -0.39 is 0 Å². The van der Waals surface area contributed by atoms with E-state index in [1.54, 1.807) is 0 Å². The van der Waals surface area contributed by atoms with E-state index in [9.17, 15) is 0 Å². The highest BCUT2D eigenvalue weighted by molar-refractivity contribution is 14.1. The molecule has 1 heterocycles. The van der Waals surface area contributed by atoms with Crippen LogP contribution in [0.15, 0.2) is 0 Å². The Bertz CT molecular complexity index is 298. The van der Waals surface area contributed by atoms with E-state index in [-0.39, 0.29) is 0 Å². The number of nitrogen functional groups attached to an aromatic ring is 1. The van der Waals surface area contributed by atoms with Crippen LogP contribution in [-0.2, 0) is 6.54 Å². The number of rotatable bonds is 5. The van der Waals surface area contributed by atoms with Gasteiger partial charge in [-0.1, -0.05) is 0 Å². The predicted octanol–water partition coefficient (Wildman–Crippen LogP) is 2.52. The van der Waals surface area contributed by atoms with Crippen molar-refractivity contribution in [2.75, 3.05) is 17.7 Å². The number of aromatic nitrogens is 2. The Morgan fingerprint density at radius 2 is 2.21 bits per heavy atom. The van der Waals surface area contributed by atoms with Gasteiger partial charge in [-0.25, -0.2) is 4.68 Å². The van der Waals surface area contributed by atoms with E-state index in [4.69, 9.17) is 5.73 Å². The molecule has 0 aromatic carbocycles. The third kappa shape index (κ3) is 3.05. The number of unbranched alkanes of at least 4 members (excludes halogenated alkanes) is 1. The lowest BCUT2D eigenvalue weighted by Crippen LogP contribution is -2.05. The van der Waals surface area contributed by atoms with E-state index in [1.165, 1.54) is 12.2 Å². The molecule has 0 aliphatic rings. The molecule has 1 aromatic rings. The normalized spacial score (nSPS) is 10.8. The molecule has 5 heteroatoms. The van der Waals surface area contributed by atoms with Crippen molar-refractivity contribution in [1.82, 2.24) is 9.78 Å². The van der Waals surface area contributed by atoms with Crippen molar-refractivity contribution in [2.45, 2.75) is 26.3 Å². The topological polar surface area (TPSA) is 43.8 Å². The van der Waals surface area contributed by atoms with Crippen molar-refractivity contribution in [3.8, 4) is 0 Å². The van der Waals surface area contributed by atoms with Gasteiger partial charge in [0.05, 0.1) is 9.26 Å². The summed E-state index contributed by atoms with van der Waals surface area (Å²) < 4.78 is 3.00. The molecule has 0 atom stereocenters. The van der Waals surface area contributed by atoms with Crippen molar-refractivity contribution in [3.05, 3.63) is 9.26 Å². The summed E-state index contributed by atoms with van der Waals surface area (Å²) in [5.74, 6) is 2.03. The van der Waals surface area contributed by atoms with Crippen LogP contribution < -0.4 is 5.73 Å². The fraction of sp³-hybridized carbons (Fsp3) is 0.667. The zero-order chi connectivity index (χ0) is 10.6. The summed E-state index contributed by atoms with van der Waals surface area (Å²) >= 11 is 4.13. The first-order chi connectivity index (χ1) is 6.66. The van der Waals surface area contributed by atoms with Crippen LogP contribution in [0.2, 0.25) is 0 Å². The SMILES string of the molecule is CSCCCCn1nc(C)c(I)c1N. The van der Waals surface area contributed by atoms with Crippen LogP contribution in [0.4, 0.5) is 5.82 Å². The van der Waals surface area contributed by atoms with Crippen LogP contribution in [0.3, 0.4) is 0 Å². The molecule has 3 nitrogen and oxygen atoms in total. The van der Waals surface area contributed by atoms with Gasteiger partial charge in [-0.05, 0) is 54.4 Å². The molecule has 0 fully saturated rings. The maximum atomic E-state index is 5.91. The zero-order valence-corrected chi connectivity index (χ0v) is 11.6. The maximum absolute atomic E-state index is 5.91. The van der Waals surface area contributed by atoms with Crippen LogP contribution >= 0.6 is 34.4 Å². The Morgan fingerprint density at radius 3 is 2.71 bits per heavy atom. The summed E-state index contributed by atoms with van der Waals surface area (Å²) in [6, 6.07) is 0. The van der Waals surface area contributed by atoms with Gasteiger partial charge < -0.3 is 5.73 Å². The molecule has 2 N–H and O–H groups in total. The molecule has 1 rings (SSSR count). The average Bonchev–Trinajstić information content (AvgIpc) is 2.41. The molecule has 1 aromatic heterocycles. The van der Waals surface area contributed by atoms with Gasteiger partial charge in [0.25, 0.3) is 0 Å². The fourth-order valence-corrected chi connectivity index (χ4v) is 2.14. The molecule has 0 saturated heterocycles. The van der Waals surface area contributed by atoms with Crippen LogP contribution in [0, 0.1) is 10.5 Å². The summed E-state index contributed by atoms with van der Waals surface area (Å²) in [5.41, 5.74) is 6.94. The highest BCUT2D eigenvalue weighted by Gasteiger charge is 2.08. The fourth-order valence-electron chi connectivity index (χ4n) is 1.26. The first-order valence-electron chi connectivity index (χ1n) is 4.64. The zero-order valence-electron chi connectivity index (χ0n) is 8.59. The Morgan fingerprint density at radius 1 is 1.50 bits per heavy atom. The number of nitrogens with zero attached hydrogens (tertiary/aromatic N) is 2. The number of hydrogen-bond acceptors (Lipinski definition) is 3. The van der Waals surface area contributed by atoms with Crippen molar-refractivity contribution in [1.29, 1.82) is 0 Å². The third-order valence-electron chi connectivity index (χ3n) is 2.06. The van der Waals surface area contributed by atoms with E-state index in [2.05, 4.69) is 33.9 Å². The van der Waals surface area contributed by atoms with Gasteiger partial charge in [-0.2, -0.15) is 16.9 Å². The first kappa shape index (κ1) is 12.2. The van der Waals surface area contributed by atoms with Crippen molar-refractivity contribution in [2.24, 2.45) is 0 Å². The molecule has 0 aliphatic carbocycles. The molecular weight excluding hydrogens is 309 g/mol. The van der Waals surface area contributed by atoms with Gasteiger partial charge in [0, 0.05) is 6.54 Å². The van der Waals surface area contributed by atoms with Gasteiger partial charge in [0.15, 0.2) is 0 Å². The molecule has 0 radical (unpaired) electrons. The molecule has 0 aliphatic heterocycles. The molecule has 0 bridgehead atoms. The van der Waals surface area contributed by atoms with Crippen LogP contribution in [0.5, 0.6) is 0 Å². The predicted molar refractivity (Wildman–Crippen MR) is 71.7 cm³/mol. The number of anilines is 1. The number of halogens is 1. The van der Waals surface area contributed by atoms with Crippen LogP contribution in [-0.4, -0.2) is 21.8 Å². The Kier molecular flexibility index (Phi) is 5.08. The van der Waals surface area contributed by atoms with E-state index in [0.29, 0.717) is 0 Å². The third-order valence-corrected chi connectivity index (χ3v) is 4.09. The van der Waals surface area contributed by atoms with Crippen LogP contribution in [0.1, 0.15) is 18.5 Å². The summed E-state index contributed by atoms with van der Waals surface area (Å²) in [7, 11) is 0. The molecule has 0 amide bonds. The minimum absolute atomic E-state index is 0.812. The lowest BCUT2D eigenvalue weighted by molar-refractivity contribution is 0.577. The lowest BCUT2D eigenvalue weighted by Gasteiger charge is -2.03. The summed E-state index contributed by atoms with van der Waals surface area (Å²) in [6.07, 6.45) is 4.52. The molecule has 0 unspecified atom stereocenters. The highest BCUT2D eigenvalue weighted by Crippen LogP contribution is 2.18. The molecular formula is C9H16IN3S. The molecule has 0 saturated carbocycles. The van der Waals surface area contributed by atoms with E-state index >= 15 is 0 Å². The van der Waals surface area contributed by atoms with Gasteiger partial charge in [0.1, 0.15) is 5.82 Å². The number of aryl methyl sites for hydroxylation is 2. The lowest BCUT2D eigenvalue weighted by atomic mass is 10.3. The second kappa shape index (κ2) is 5.85. The minimum Gasteiger partial charge on any atom is -0.383 e. The number of thioether (sulfide) groups is 1. The van der Waals surface area contributed by atoms with Gasteiger partial charge in [0.2, 0.25) is 0 Å². The Labute approximate surface area is 103 Å². The van der Waals surface area contributed by atoms with Crippen LogP contribution in [0.25, 0.3) is 0 Å². The second-order valence-corrected chi connectivity index (χ2v) is 5.27. The monoisotopic (exact) mass is 325 g/mol. The van der Waals surface area contributed by atoms with Crippen molar-refractivity contribution < 1.29 is 0 Å². The van der Waals surface area contributed by atoms with Crippen molar-refractivity contribution >= 4 is 40.2 Å². The molecule has 0 spiro atoms. The van der Waals surface area contributed by atoms with Crippen molar-refractivity contribution in [3.63, 3.8) is 0 Å². The largest absolute Gasteiger partial charge is 0.383 e. The highest BCUT2D eigenvalue weighted by atomic mass is 127. The Hall–Kier alpha value is 0.0900. The smallest absolute Gasteiger partial charge is 0.135 e. The first-order valence-corrected chi connectivity index (χ1v) is 7.11. The Balaban J connectivity index is 2.47. The number of hydrogen-bond donors (Lipinski definition) is 1. The van der Waals surface area contributed by atoms with Gasteiger partial charge in [-0.15, -0.1) is 0 Å². The molecule has 80 valence electrons.